The number of rotatable bonds is 39. The molecule has 0 aliphatic heterocycles. The van der Waals surface area contributed by atoms with Crippen molar-refractivity contribution in [3.63, 3.8) is 0 Å². The van der Waals surface area contributed by atoms with Gasteiger partial charge < -0.3 is 21.5 Å². The van der Waals surface area contributed by atoms with Gasteiger partial charge in [0.05, 0.1) is 6.61 Å². The molecular formula is C42H84N4O3. The zero-order valence-electron chi connectivity index (χ0n) is 32.9. The summed E-state index contributed by atoms with van der Waals surface area (Å²) in [5.41, 5.74) is 10.9. The number of carbonyl (C=O) groups excluding carboxylic acids is 2. The van der Waals surface area contributed by atoms with Gasteiger partial charge in [-0.3, -0.25) is 9.79 Å². The lowest BCUT2D eigenvalue weighted by Gasteiger charge is -2.17. The number of nitrogens with zero attached hydrogens (tertiary/aromatic N) is 1. The Balaban J connectivity index is 3.94. The number of aliphatic imine (C=N–C) groups is 1. The van der Waals surface area contributed by atoms with Crippen LogP contribution in [0.15, 0.2) is 4.99 Å². The van der Waals surface area contributed by atoms with E-state index < -0.39 is 6.04 Å². The molecule has 7 heteroatoms. The molecule has 0 saturated carbocycles. The van der Waals surface area contributed by atoms with Crippen molar-refractivity contribution in [1.29, 1.82) is 0 Å². The summed E-state index contributed by atoms with van der Waals surface area (Å²) in [6.45, 7) is 5.40. The van der Waals surface area contributed by atoms with Gasteiger partial charge in [0.2, 0.25) is 5.91 Å². The van der Waals surface area contributed by atoms with Crippen LogP contribution in [0.25, 0.3) is 0 Å². The number of esters is 1. The topological polar surface area (TPSA) is 120 Å². The third kappa shape index (κ3) is 37.3. The molecule has 290 valence electrons. The highest BCUT2D eigenvalue weighted by molar-refractivity contribution is 5.84. The minimum atomic E-state index is -0.640. The van der Waals surface area contributed by atoms with Crippen molar-refractivity contribution in [3.8, 4) is 0 Å². The van der Waals surface area contributed by atoms with Gasteiger partial charge in [-0.15, -0.1) is 0 Å². The first kappa shape index (κ1) is 47.2. The Bertz CT molecular complexity index is 741. The highest BCUT2D eigenvalue weighted by atomic mass is 16.5. The molecule has 5 N–H and O–H groups in total. The van der Waals surface area contributed by atoms with Crippen LogP contribution in [0.1, 0.15) is 232 Å². The van der Waals surface area contributed by atoms with Gasteiger partial charge in [0.15, 0.2) is 5.96 Å². The maximum Gasteiger partial charge on any atom is 0.328 e. The van der Waals surface area contributed by atoms with Crippen LogP contribution in [-0.2, 0) is 14.3 Å². The fourth-order valence-corrected chi connectivity index (χ4v) is 6.60. The summed E-state index contributed by atoms with van der Waals surface area (Å²) in [5, 5.41) is 2.94. The van der Waals surface area contributed by atoms with Gasteiger partial charge in [0, 0.05) is 13.0 Å². The molecule has 0 aromatic carbocycles. The van der Waals surface area contributed by atoms with Gasteiger partial charge in [0.1, 0.15) is 6.04 Å². The number of nitrogens with two attached hydrogens (primary N) is 2. The fourth-order valence-electron chi connectivity index (χ4n) is 6.60. The summed E-state index contributed by atoms with van der Waals surface area (Å²) in [6.07, 6.45) is 42.0. The van der Waals surface area contributed by atoms with Crippen LogP contribution in [0.2, 0.25) is 0 Å². The molecule has 0 heterocycles. The molecule has 0 aliphatic carbocycles. The molecule has 0 aromatic rings. The quantitative estimate of drug-likeness (QED) is 0.0256. The molecular weight excluding hydrogens is 608 g/mol. The molecule has 1 atom stereocenters. The zero-order chi connectivity index (χ0) is 35.9. The van der Waals surface area contributed by atoms with Crippen molar-refractivity contribution in [2.45, 2.75) is 238 Å². The van der Waals surface area contributed by atoms with E-state index in [0.717, 1.165) is 25.7 Å². The van der Waals surface area contributed by atoms with E-state index in [2.05, 4.69) is 24.2 Å². The molecule has 0 spiro atoms. The monoisotopic (exact) mass is 693 g/mol. The molecule has 0 saturated heterocycles. The number of guanidine groups is 1. The van der Waals surface area contributed by atoms with Crippen LogP contribution < -0.4 is 16.8 Å². The number of carbonyl (C=O) groups is 2. The molecule has 1 amide bonds. The second kappa shape index (κ2) is 39.0. The molecule has 0 bridgehead atoms. The zero-order valence-corrected chi connectivity index (χ0v) is 32.9. The van der Waals surface area contributed by atoms with E-state index in [0.29, 0.717) is 32.4 Å². The second-order valence-electron chi connectivity index (χ2n) is 14.7. The van der Waals surface area contributed by atoms with E-state index in [4.69, 9.17) is 16.2 Å². The smallest absolute Gasteiger partial charge is 0.328 e. The third-order valence-corrected chi connectivity index (χ3v) is 9.81. The van der Waals surface area contributed by atoms with Crippen molar-refractivity contribution in [1.82, 2.24) is 5.32 Å². The maximum absolute atomic E-state index is 12.9. The highest BCUT2D eigenvalue weighted by Crippen LogP contribution is 2.15. The van der Waals surface area contributed by atoms with Crippen LogP contribution in [0.3, 0.4) is 0 Å². The van der Waals surface area contributed by atoms with Gasteiger partial charge in [0.25, 0.3) is 0 Å². The predicted molar refractivity (Wildman–Crippen MR) is 212 cm³/mol. The van der Waals surface area contributed by atoms with Crippen LogP contribution in [0, 0.1) is 0 Å². The van der Waals surface area contributed by atoms with Crippen LogP contribution >= 0.6 is 0 Å². The predicted octanol–water partition coefficient (Wildman–Crippen LogP) is 11.6. The first-order valence-electron chi connectivity index (χ1n) is 21.5. The molecule has 0 radical (unpaired) electrons. The number of unbranched alkanes of at least 4 members (excludes halogenated alkanes) is 29. The molecule has 0 rings (SSSR count). The van der Waals surface area contributed by atoms with Gasteiger partial charge in [-0.25, -0.2) is 4.79 Å². The summed E-state index contributed by atoms with van der Waals surface area (Å²) in [5.74, 6) is -0.365. The SMILES string of the molecule is CCCCCCCCCCCCCCCCCCOC(=O)[C@H](CCCN=C(N)N)NC(=O)CCCCCCCCCCCCCCCCC. The molecule has 0 aliphatic rings. The largest absolute Gasteiger partial charge is 0.464 e. The summed E-state index contributed by atoms with van der Waals surface area (Å²) < 4.78 is 5.59. The number of ether oxygens (including phenoxy) is 1. The van der Waals surface area contributed by atoms with E-state index in [1.165, 1.54) is 173 Å². The lowest BCUT2D eigenvalue weighted by atomic mass is 10.0. The Morgan fingerprint density at radius 3 is 1.22 bits per heavy atom. The minimum Gasteiger partial charge on any atom is -0.464 e. The summed E-state index contributed by atoms with van der Waals surface area (Å²) in [6, 6.07) is -0.640. The highest BCUT2D eigenvalue weighted by Gasteiger charge is 2.21. The Morgan fingerprint density at radius 2 is 0.857 bits per heavy atom. The number of hydrogen-bond acceptors (Lipinski definition) is 4. The minimum absolute atomic E-state index is 0.0415. The summed E-state index contributed by atoms with van der Waals surface area (Å²) in [4.78, 5) is 29.6. The van der Waals surface area contributed by atoms with Crippen molar-refractivity contribution >= 4 is 17.8 Å². The van der Waals surface area contributed by atoms with Crippen molar-refractivity contribution in [2.75, 3.05) is 13.2 Å². The molecule has 0 fully saturated rings. The molecule has 0 unspecified atom stereocenters. The molecule has 49 heavy (non-hydrogen) atoms. The number of amides is 1. The third-order valence-electron chi connectivity index (χ3n) is 9.81. The van der Waals surface area contributed by atoms with Crippen molar-refractivity contribution < 1.29 is 14.3 Å². The van der Waals surface area contributed by atoms with E-state index in [1.807, 2.05) is 0 Å². The molecule has 0 aromatic heterocycles. The van der Waals surface area contributed by atoms with Crippen LogP contribution in [0.5, 0.6) is 0 Å². The summed E-state index contributed by atoms with van der Waals surface area (Å²) >= 11 is 0. The van der Waals surface area contributed by atoms with Gasteiger partial charge in [-0.2, -0.15) is 0 Å². The van der Waals surface area contributed by atoms with Gasteiger partial charge in [-0.05, 0) is 25.7 Å². The Hall–Kier alpha value is -1.79. The van der Waals surface area contributed by atoms with Gasteiger partial charge >= 0.3 is 5.97 Å². The Morgan fingerprint density at radius 1 is 0.510 bits per heavy atom. The Kier molecular flexibility index (Phi) is 37.6. The maximum atomic E-state index is 12.9. The van der Waals surface area contributed by atoms with Gasteiger partial charge in [-0.1, -0.05) is 200 Å². The molecule has 7 nitrogen and oxygen atoms in total. The van der Waals surface area contributed by atoms with E-state index in [-0.39, 0.29) is 17.8 Å². The Labute approximate surface area is 304 Å². The van der Waals surface area contributed by atoms with E-state index in [9.17, 15) is 9.59 Å². The average molecular weight is 693 g/mol. The number of hydrogen-bond donors (Lipinski definition) is 3. The average Bonchev–Trinajstić information content (AvgIpc) is 3.09. The second-order valence-corrected chi connectivity index (χ2v) is 14.7. The standard InChI is InChI=1S/C42H84N4O3/c1-3-5-7-9-11-13-15-17-19-21-23-25-27-29-31-33-38-49-41(48)39(35-34-37-45-42(43)44)46-40(47)36-32-30-28-26-24-22-20-18-16-14-12-10-8-6-4-2/h39H,3-38H2,1-2H3,(H,46,47)(H4,43,44,45)/t39-/m0/s1. The van der Waals surface area contributed by atoms with Crippen molar-refractivity contribution in [3.05, 3.63) is 0 Å². The normalized spacial score (nSPS) is 11.8. The van der Waals surface area contributed by atoms with Crippen LogP contribution in [0.4, 0.5) is 0 Å². The lowest BCUT2D eigenvalue weighted by molar-refractivity contribution is -0.148. The lowest BCUT2D eigenvalue weighted by Crippen LogP contribution is -2.42. The first-order valence-corrected chi connectivity index (χ1v) is 21.5. The fraction of sp³-hybridized carbons (Fsp3) is 0.929. The van der Waals surface area contributed by atoms with Crippen LogP contribution in [-0.4, -0.2) is 37.0 Å². The van der Waals surface area contributed by atoms with E-state index >= 15 is 0 Å². The van der Waals surface area contributed by atoms with E-state index in [1.54, 1.807) is 0 Å². The first-order chi connectivity index (χ1) is 24.0. The summed E-state index contributed by atoms with van der Waals surface area (Å²) in [7, 11) is 0. The number of nitrogens with one attached hydrogen (secondary N) is 1. The van der Waals surface area contributed by atoms with Crippen molar-refractivity contribution in [2.24, 2.45) is 16.5 Å².